The van der Waals surface area contributed by atoms with Crippen LogP contribution in [0.25, 0.3) is 0 Å². The van der Waals surface area contributed by atoms with Gasteiger partial charge in [-0.05, 0) is 26.0 Å². The molecular weight excluding hydrogens is 298 g/mol. The first-order chi connectivity index (χ1) is 11.0. The third-order valence-corrected chi connectivity index (χ3v) is 3.03. The Morgan fingerprint density at radius 2 is 2.09 bits per heavy atom. The molecule has 2 rings (SSSR count). The summed E-state index contributed by atoms with van der Waals surface area (Å²) in [5, 5.41) is 6.28. The van der Waals surface area contributed by atoms with Crippen molar-refractivity contribution in [3.05, 3.63) is 36.1 Å². The highest BCUT2D eigenvalue weighted by atomic mass is 16.5. The number of benzene rings is 1. The SMILES string of the molecule is CCOc1ccccc1N(CC(=O)Nc1cc(C)on1)C(C)=O. The van der Waals surface area contributed by atoms with E-state index >= 15 is 0 Å². The van der Waals surface area contributed by atoms with Gasteiger partial charge in [0.2, 0.25) is 11.8 Å². The fraction of sp³-hybridized carbons (Fsp3) is 0.312. The number of hydrogen-bond donors (Lipinski definition) is 1. The molecule has 0 radical (unpaired) electrons. The number of nitrogens with zero attached hydrogens (tertiary/aromatic N) is 2. The minimum absolute atomic E-state index is 0.147. The monoisotopic (exact) mass is 317 g/mol. The molecule has 0 unspecified atom stereocenters. The second-order valence-corrected chi connectivity index (χ2v) is 4.88. The lowest BCUT2D eigenvalue weighted by molar-refractivity contribution is -0.120. The Kier molecular flexibility index (Phi) is 5.35. The van der Waals surface area contributed by atoms with Crippen molar-refractivity contribution in [2.45, 2.75) is 20.8 Å². The molecule has 7 nitrogen and oxygen atoms in total. The highest BCUT2D eigenvalue weighted by Gasteiger charge is 2.20. The Morgan fingerprint density at radius 1 is 1.35 bits per heavy atom. The number of aryl methyl sites for hydroxylation is 1. The zero-order valence-corrected chi connectivity index (χ0v) is 13.3. The van der Waals surface area contributed by atoms with Crippen LogP contribution < -0.4 is 15.0 Å². The molecule has 0 aliphatic carbocycles. The van der Waals surface area contributed by atoms with Gasteiger partial charge in [-0.1, -0.05) is 17.3 Å². The molecule has 0 bridgehead atoms. The normalized spacial score (nSPS) is 10.2. The Labute approximate surface area is 134 Å². The van der Waals surface area contributed by atoms with Crippen LogP contribution in [0.3, 0.4) is 0 Å². The van der Waals surface area contributed by atoms with Crippen molar-refractivity contribution in [3.63, 3.8) is 0 Å². The van der Waals surface area contributed by atoms with Crippen LogP contribution in [0, 0.1) is 6.92 Å². The summed E-state index contributed by atoms with van der Waals surface area (Å²) in [5.41, 5.74) is 0.549. The molecule has 0 saturated carbocycles. The fourth-order valence-corrected chi connectivity index (χ4v) is 2.08. The minimum atomic E-state index is -0.375. The van der Waals surface area contributed by atoms with E-state index in [0.29, 0.717) is 29.6 Å². The highest BCUT2D eigenvalue weighted by molar-refractivity contribution is 6.02. The van der Waals surface area contributed by atoms with Crippen molar-refractivity contribution < 1.29 is 18.8 Å². The summed E-state index contributed by atoms with van der Waals surface area (Å²) in [4.78, 5) is 25.5. The van der Waals surface area contributed by atoms with Crippen molar-refractivity contribution >= 4 is 23.3 Å². The first-order valence-corrected chi connectivity index (χ1v) is 7.24. The third kappa shape index (κ3) is 4.32. The van der Waals surface area contributed by atoms with E-state index in [1.165, 1.54) is 11.8 Å². The molecule has 0 aliphatic rings. The Hall–Kier alpha value is -2.83. The fourth-order valence-electron chi connectivity index (χ4n) is 2.08. The number of aromatic nitrogens is 1. The Bertz CT molecular complexity index is 696. The van der Waals surface area contributed by atoms with Crippen LogP contribution in [-0.4, -0.2) is 30.1 Å². The summed E-state index contributed by atoms with van der Waals surface area (Å²) in [7, 11) is 0. The number of ether oxygens (including phenoxy) is 1. The quantitative estimate of drug-likeness (QED) is 0.884. The molecule has 23 heavy (non-hydrogen) atoms. The van der Waals surface area contributed by atoms with Crippen LogP contribution in [0.5, 0.6) is 5.75 Å². The molecule has 0 atom stereocenters. The Morgan fingerprint density at radius 3 is 2.70 bits per heavy atom. The average molecular weight is 317 g/mol. The van der Waals surface area contributed by atoms with Crippen LogP contribution in [-0.2, 0) is 9.59 Å². The lowest BCUT2D eigenvalue weighted by Gasteiger charge is -2.22. The summed E-state index contributed by atoms with van der Waals surface area (Å²) in [5.74, 6) is 0.818. The van der Waals surface area contributed by atoms with E-state index in [9.17, 15) is 9.59 Å². The number of para-hydroxylation sites is 2. The maximum atomic E-state index is 12.2. The molecule has 1 aromatic carbocycles. The number of amides is 2. The second-order valence-electron chi connectivity index (χ2n) is 4.88. The van der Waals surface area contributed by atoms with E-state index < -0.39 is 0 Å². The molecule has 2 aromatic rings. The summed E-state index contributed by atoms with van der Waals surface area (Å²) < 4.78 is 10.4. The van der Waals surface area contributed by atoms with E-state index in [4.69, 9.17) is 9.26 Å². The molecule has 2 amide bonds. The van der Waals surface area contributed by atoms with E-state index in [1.807, 2.05) is 13.0 Å². The van der Waals surface area contributed by atoms with Gasteiger partial charge in [0.25, 0.3) is 0 Å². The van der Waals surface area contributed by atoms with Crippen molar-refractivity contribution in [1.82, 2.24) is 5.16 Å². The summed E-state index contributed by atoms with van der Waals surface area (Å²) in [6.07, 6.45) is 0. The van der Waals surface area contributed by atoms with Gasteiger partial charge in [-0.3, -0.25) is 14.5 Å². The molecule has 0 aliphatic heterocycles. The van der Waals surface area contributed by atoms with Crippen LogP contribution in [0.4, 0.5) is 11.5 Å². The number of anilines is 2. The first kappa shape index (κ1) is 16.5. The standard InChI is InChI=1S/C16H19N3O4/c1-4-22-14-8-6-5-7-13(14)19(12(3)20)10-16(21)17-15-9-11(2)23-18-15/h5-9H,4,10H2,1-3H3,(H,17,18,21). The lowest BCUT2D eigenvalue weighted by atomic mass is 10.2. The molecule has 1 heterocycles. The average Bonchev–Trinajstić information content (AvgIpc) is 2.91. The van der Waals surface area contributed by atoms with Gasteiger partial charge in [0, 0.05) is 13.0 Å². The van der Waals surface area contributed by atoms with Gasteiger partial charge in [0.1, 0.15) is 18.1 Å². The molecule has 122 valence electrons. The zero-order chi connectivity index (χ0) is 16.8. The predicted molar refractivity (Wildman–Crippen MR) is 85.5 cm³/mol. The summed E-state index contributed by atoms with van der Waals surface area (Å²) >= 11 is 0. The topological polar surface area (TPSA) is 84.7 Å². The van der Waals surface area contributed by atoms with Crippen molar-refractivity contribution in [3.8, 4) is 5.75 Å². The number of nitrogens with one attached hydrogen (secondary N) is 1. The number of carbonyl (C=O) groups is 2. The largest absolute Gasteiger partial charge is 0.492 e. The zero-order valence-electron chi connectivity index (χ0n) is 13.3. The van der Waals surface area contributed by atoms with Gasteiger partial charge < -0.3 is 14.6 Å². The molecule has 1 aromatic heterocycles. The van der Waals surface area contributed by atoms with Gasteiger partial charge in [0.15, 0.2) is 5.82 Å². The predicted octanol–water partition coefficient (Wildman–Crippen LogP) is 2.37. The summed E-state index contributed by atoms with van der Waals surface area (Å²) in [6, 6.07) is 8.69. The van der Waals surface area contributed by atoms with Gasteiger partial charge in [0.05, 0.1) is 12.3 Å². The molecule has 0 fully saturated rings. The number of carbonyl (C=O) groups excluding carboxylic acids is 2. The van der Waals surface area contributed by atoms with E-state index in [-0.39, 0.29) is 18.4 Å². The van der Waals surface area contributed by atoms with Gasteiger partial charge in [-0.15, -0.1) is 0 Å². The third-order valence-electron chi connectivity index (χ3n) is 3.03. The van der Waals surface area contributed by atoms with Gasteiger partial charge in [-0.2, -0.15) is 0 Å². The van der Waals surface area contributed by atoms with Crippen molar-refractivity contribution in [1.29, 1.82) is 0 Å². The molecular formula is C16H19N3O4. The van der Waals surface area contributed by atoms with Gasteiger partial charge >= 0.3 is 0 Å². The maximum absolute atomic E-state index is 12.2. The number of rotatable bonds is 6. The van der Waals surface area contributed by atoms with E-state index in [1.54, 1.807) is 31.2 Å². The smallest absolute Gasteiger partial charge is 0.245 e. The molecule has 1 N–H and O–H groups in total. The van der Waals surface area contributed by atoms with E-state index in [0.717, 1.165) is 0 Å². The molecule has 0 spiro atoms. The van der Waals surface area contributed by atoms with Crippen LogP contribution >= 0.6 is 0 Å². The van der Waals surface area contributed by atoms with Crippen molar-refractivity contribution in [2.75, 3.05) is 23.4 Å². The first-order valence-electron chi connectivity index (χ1n) is 7.24. The van der Waals surface area contributed by atoms with E-state index in [2.05, 4.69) is 10.5 Å². The minimum Gasteiger partial charge on any atom is -0.492 e. The van der Waals surface area contributed by atoms with Crippen LogP contribution in [0.2, 0.25) is 0 Å². The summed E-state index contributed by atoms with van der Waals surface area (Å²) in [6.45, 7) is 5.30. The number of hydrogen-bond acceptors (Lipinski definition) is 5. The second kappa shape index (κ2) is 7.44. The van der Waals surface area contributed by atoms with Crippen LogP contribution in [0.1, 0.15) is 19.6 Å². The van der Waals surface area contributed by atoms with Crippen LogP contribution in [0.15, 0.2) is 34.9 Å². The lowest BCUT2D eigenvalue weighted by Crippen LogP contribution is -2.37. The Balaban J connectivity index is 2.16. The van der Waals surface area contributed by atoms with Gasteiger partial charge in [-0.25, -0.2) is 0 Å². The molecule has 0 saturated heterocycles. The highest BCUT2D eigenvalue weighted by Crippen LogP contribution is 2.28. The molecule has 7 heteroatoms. The van der Waals surface area contributed by atoms with Crippen molar-refractivity contribution in [2.24, 2.45) is 0 Å². The maximum Gasteiger partial charge on any atom is 0.245 e.